The van der Waals surface area contributed by atoms with Crippen LogP contribution in [-0.4, -0.2) is 4.98 Å². The molecule has 1 atom stereocenters. The van der Waals surface area contributed by atoms with E-state index in [0.29, 0.717) is 5.56 Å². The van der Waals surface area contributed by atoms with Gasteiger partial charge in [0.05, 0.1) is 6.04 Å². The first-order valence-electron chi connectivity index (χ1n) is 5.35. The molecule has 0 fully saturated rings. The van der Waals surface area contributed by atoms with Crippen molar-refractivity contribution in [1.82, 2.24) is 10.4 Å². The van der Waals surface area contributed by atoms with Crippen LogP contribution in [0.4, 0.5) is 4.39 Å². The molecule has 0 spiro atoms. The maximum Gasteiger partial charge on any atom is 0.128 e. The minimum atomic E-state index is -0.384. The van der Waals surface area contributed by atoms with Crippen LogP contribution in [0.3, 0.4) is 0 Å². The molecule has 0 aliphatic rings. The predicted octanol–water partition coefficient (Wildman–Crippen LogP) is 2.08. The van der Waals surface area contributed by atoms with E-state index in [4.69, 9.17) is 5.84 Å². The van der Waals surface area contributed by atoms with E-state index >= 15 is 0 Å². The maximum atomic E-state index is 13.7. The monoisotopic (exact) mass is 231 g/mol. The maximum absolute atomic E-state index is 13.7. The Balaban J connectivity index is 2.48. The van der Waals surface area contributed by atoms with Gasteiger partial charge in [-0.3, -0.25) is 10.8 Å². The molecule has 0 saturated heterocycles. The summed E-state index contributed by atoms with van der Waals surface area (Å²) in [6, 6.07) is 8.07. The Morgan fingerprint density at radius 2 is 2.00 bits per heavy atom. The minimum Gasteiger partial charge on any atom is -0.271 e. The van der Waals surface area contributed by atoms with E-state index in [1.54, 1.807) is 30.6 Å². The molecule has 0 amide bonds. The van der Waals surface area contributed by atoms with E-state index in [0.717, 1.165) is 11.1 Å². The molecule has 4 heteroatoms. The summed E-state index contributed by atoms with van der Waals surface area (Å²) in [5.74, 6) is 5.25. The summed E-state index contributed by atoms with van der Waals surface area (Å²) in [6.07, 6.45) is 3.40. The standard InChI is InChI=1S/C13H14FN3/c1-9-6-7-16-8-11(9)13(17-15)10-4-2-3-5-12(10)14/h2-8,13,17H,15H2,1H3. The quantitative estimate of drug-likeness (QED) is 0.628. The van der Waals surface area contributed by atoms with E-state index in [9.17, 15) is 4.39 Å². The number of hydrogen-bond donors (Lipinski definition) is 2. The average Bonchev–Trinajstić information content (AvgIpc) is 2.34. The molecule has 0 saturated carbocycles. The molecule has 17 heavy (non-hydrogen) atoms. The molecular weight excluding hydrogens is 217 g/mol. The third kappa shape index (κ3) is 2.33. The molecule has 3 nitrogen and oxygen atoms in total. The van der Waals surface area contributed by atoms with Gasteiger partial charge in [0.15, 0.2) is 0 Å². The molecule has 88 valence electrons. The summed E-state index contributed by atoms with van der Waals surface area (Å²) in [5, 5.41) is 0. The SMILES string of the molecule is Cc1ccncc1C(NN)c1ccccc1F. The van der Waals surface area contributed by atoms with Crippen molar-refractivity contribution >= 4 is 0 Å². The summed E-state index contributed by atoms with van der Waals surface area (Å²) in [6.45, 7) is 1.95. The van der Waals surface area contributed by atoms with Crippen molar-refractivity contribution in [3.63, 3.8) is 0 Å². The number of benzene rings is 1. The van der Waals surface area contributed by atoms with Crippen molar-refractivity contribution in [2.45, 2.75) is 13.0 Å². The first kappa shape index (κ1) is 11.7. The van der Waals surface area contributed by atoms with Gasteiger partial charge in [0.2, 0.25) is 0 Å². The fourth-order valence-corrected chi connectivity index (χ4v) is 1.83. The van der Waals surface area contributed by atoms with Crippen molar-refractivity contribution in [3.05, 3.63) is 65.2 Å². The smallest absolute Gasteiger partial charge is 0.128 e. The highest BCUT2D eigenvalue weighted by Crippen LogP contribution is 2.25. The first-order chi connectivity index (χ1) is 8.24. The summed E-state index contributed by atoms with van der Waals surface area (Å²) < 4.78 is 13.7. The zero-order chi connectivity index (χ0) is 12.3. The topological polar surface area (TPSA) is 50.9 Å². The zero-order valence-electron chi connectivity index (χ0n) is 9.52. The molecule has 0 bridgehead atoms. The Morgan fingerprint density at radius 3 is 2.65 bits per heavy atom. The third-order valence-corrected chi connectivity index (χ3v) is 2.77. The summed E-state index contributed by atoms with van der Waals surface area (Å²) in [7, 11) is 0. The molecular formula is C13H14FN3. The average molecular weight is 231 g/mol. The van der Waals surface area contributed by atoms with E-state index < -0.39 is 0 Å². The van der Waals surface area contributed by atoms with Crippen molar-refractivity contribution in [3.8, 4) is 0 Å². The second-order valence-electron chi connectivity index (χ2n) is 3.85. The number of nitrogens with one attached hydrogen (secondary N) is 1. The van der Waals surface area contributed by atoms with Crippen LogP contribution in [0.1, 0.15) is 22.7 Å². The fraction of sp³-hybridized carbons (Fsp3) is 0.154. The number of aryl methyl sites for hydroxylation is 1. The van der Waals surface area contributed by atoms with Crippen LogP contribution >= 0.6 is 0 Å². The van der Waals surface area contributed by atoms with Crippen LogP contribution < -0.4 is 11.3 Å². The van der Waals surface area contributed by atoms with Crippen LogP contribution in [-0.2, 0) is 0 Å². The summed E-state index contributed by atoms with van der Waals surface area (Å²) in [4.78, 5) is 4.05. The minimum absolute atomic E-state index is 0.279. The number of rotatable bonds is 3. The van der Waals surface area contributed by atoms with Crippen molar-refractivity contribution in [2.24, 2.45) is 5.84 Å². The summed E-state index contributed by atoms with van der Waals surface area (Å²) in [5.41, 5.74) is 5.05. The van der Waals surface area contributed by atoms with Gasteiger partial charge in [0, 0.05) is 18.0 Å². The van der Waals surface area contributed by atoms with E-state index in [1.165, 1.54) is 6.07 Å². The highest BCUT2D eigenvalue weighted by Gasteiger charge is 2.17. The number of halogens is 1. The number of aromatic nitrogens is 1. The first-order valence-corrected chi connectivity index (χ1v) is 5.35. The van der Waals surface area contributed by atoms with E-state index in [2.05, 4.69) is 10.4 Å². The normalized spacial score (nSPS) is 12.4. The van der Waals surface area contributed by atoms with Gasteiger partial charge in [0.1, 0.15) is 5.82 Å². The van der Waals surface area contributed by atoms with Gasteiger partial charge < -0.3 is 0 Å². The van der Waals surface area contributed by atoms with E-state index in [1.807, 2.05) is 13.0 Å². The molecule has 1 aromatic heterocycles. The molecule has 2 rings (SSSR count). The Bertz CT molecular complexity index is 468. The lowest BCUT2D eigenvalue weighted by molar-refractivity contribution is 0.558. The molecule has 0 radical (unpaired) electrons. The lowest BCUT2D eigenvalue weighted by Crippen LogP contribution is -2.30. The van der Waals surface area contributed by atoms with Gasteiger partial charge in [0.25, 0.3) is 0 Å². The molecule has 1 aromatic carbocycles. The highest BCUT2D eigenvalue weighted by atomic mass is 19.1. The summed E-state index contributed by atoms with van der Waals surface area (Å²) >= 11 is 0. The highest BCUT2D eigenvalue weighted by molar-refractivity contribution is 5.35. The zero-order valence-corrected chi connectivity index (χ0v) is 9.52. The van der Waals surface area contributed by atoms with Crippen LogP contribution in [0.2, 0.25) is 0 Å². The van der Waals surface area contributed by atoms with Crippen LogP contribution in [0.5, 0.6) is 0 Å². The predicted molar refractivity (Wildman–Crippen MR) is 64.5 cm³/mol. The largest absolute Gasteiger partial charge is 0.271 e. The van der Waals surface area contributed by atoms with Crippen molar-refractivity contribution in [1.29, 1.82) is 0 Å². The second kappa shape index (κ2) is 5.03. The van der Waals surface area contributed by atoms with Crippen LogP contribution in [0.15, 0.2) is 42.7 Å². The number of nitrogens with two attached hydrogens (primary N) is 1. The van der Waals surface area contributed by atoms with Crippen LogP contribution in [0, 0.1) is 12.7 Å². The molecule has 3 N–H and O–H groups in total. The lowest BCUT2D eigenvalue weighted by Gasteiger charge is -2.18. The van der Waals surface area contributed by atoms with Gasteiger partial charge in [-0.1, -0.05) is 18.2 Å². The third-order valence-electron chi connectivity index (χ3n) is 2.77. The van der Waals surface area contributed by atoms with Gasteiger partial charge >= 0.3 is 0 Å². The number of hydrogen-bond acceptors (Lipinski definition) is 3. The molecule has 0 aliphatic heterocycles. The van der Waals surface area contributed by atoms with E-state index in [-0.39, 0.29) is 11.9 Å². The number of hydrazine groups is 1. The van der Waals surface area contributed by atoms with Crippen molar-refractivity contribution in [2.75, 3.05) is 0 Å². The Kier molecular flexibility index (Phi) is 3.46. The molecule has 1 unspecified atom stereocenters. The lowest BCUT2D eigenvalue weighted by atomic mass is 9.97. The van der Waals surface area contributed by atoms with Gasteiger partial charge in [-0.15, -0.1) is 0 Å². The van der Waals surface area contributed by atoms with Crippen LogP contribution in [0.25, 0.3) is 0 Å². The van der Waals surface area contributed by atoms with Gasteiger partial charge in [-0.2, -0.15) is 0 Å². The van der Waals surface area contributed by atoms with Crippen molar-refractivity contribution < 1.29 is 4.39 Å². The van der Waals surface area contributed by atoms with Gasteiger partial charge in [-0.05, 0) is 30.2 Å². The number of nitrogens with zero attached hydrogens (tertiary/aromatic N) is 1. The Labute approximate surface area is 99.5 Å². The molecule has 0 aliphatic carbocycles. The van der Waals surface area contributed by atoms with Gasteiger partial charge in [-0.25, -0.2) is 9.82 Å². The Hall–Kier alpha value is -1.78. The Morgan fingerprint density at radius 1 is 1.24 bits per heavy atom. The second-order valence-corrected chi connectivity index (χ2v) is 3.85. The number of pyridine rings is 1. The molecule has 2 aromatic rings. The fourth-order valence-electron chi connectivity index (χ4n) is 1.83. The molecule has 1 heterocycles.